The van der Waals surface area contributed by atoms with Gasteiger partial charge in [-0.15, -0.1) is 0 Å². The van der Waals surface area contributed by atoms with Gasteiger partial charge in [-0.2, -0.15) is 0 Å². The van der Waals surface area contributed by atoms with Crippen molar-refractivity contribution in [2.24, 2.45) is 0 Å². The molecule has 0 radical (unpaired) electrons. The lowest BCUT2D eigenvalue weighted by Gasteiger charge is -2.24. The Bertz CT molecular complexity index is 1170. The number of unbranched alkanes of at least 4 members (excludes halogenated alkanes) is 20. The van der Waals surface area contributed by atoms with Crippen LogP contribution in [0.15, 0.2) is 36.5 Å². The summed E-state index contributed by atoms with van der Waals surface area (Å²) in [5.74, 6) is -0.864. The fraction of sp³-hybridized carbons (Fsp3) is 0.833. The van der Waals surface area contributed by atoms with E-state index in [-0.39, 0.29) is 26.1 Å². The number of carbonyl (C=O) groups is 2. The molecule has 1 aliphatic rings. The second kappa shape index (κ2) is 36.8. The number of phosphoric acid groups is 1. The van der Waals surface area contributed by atoms with Crippen LogP contribution in [0.2, 0.25) is 0 Å². The summed E-state index contributed by atoms with van der Waals surface area (Å²) in [6.07, 6.45) is 43.7. The highest BCUT2D eigenvalue weighted by Crippen LogP contribution is 2.43. The van der Waals surface area contributed by atoms with Crippen LogP contribution in [0.1, 0.15) is 194 Å². The zero-order chi connectivity index (χ0) is 43.3. The molecule has 0 aromatic rings. The molecular formula is C48H89NO9P+. The van der Waals surface area contributed by atoms with Crippen molar-refractivity contribution < 1.29 is 46.8 Å². The van der Waals surface area contributed by atoms with Gasteiger partial charge in [-0.05, 0) is 51.4 Å². The SMILES string of the molecule is CCCCC/C=C\CC1OC1C/C=C\C/C=C\CCCC(=O)OC[C@H](COP(=O)(O)OCC[N+](C)(C)C)OC(=O)CCCCCCCCCCCCCCCCCCC. The molecule has 10 nitrogen and oxygen atoms in total. The van der Waals surface area contributed by atoms with Crippen LogP contribution in [0.4, 0.5) is 0 Å². The minimum absolute atomic E-state index is 0.0218. The van der Waals surface area contributed by atoms with E-state index in [1.807, 2.05) is 21.1 Å². The second-order valence-electron chi connectivity index (χ2n) is 17.5. The molecule has 1 aliphatic heterocycles. The first-order valence-corrected chi connectivity index (χ1v) is 25.3. The molecule has 1 N–H and O–H groups in total. The van der Waals surface area contributed by atoms with E-state index >= 15 is 0 Å². The van der Waals surface area contributed by atoms with Gasteiger partial charge in [-0.25, -0.2) is 4.57 Å². The third kappa shape index (κ3) is 37.7. The Morgan fingerprint density at radius 2 is 1.08 bits per heavy atom. The maximum absolute atomic E-state index is 12.7. The molecule has 3 unspecified atom stereocenters. The summed E-state index contributed by atoms with van der Waals surface area (Å²) in [7, 11) is 1.44. The van der Waals surface area contributed by atoms with E-state index in [2.05, 4.69) is 50.3 Å². The van der Waals surface area contributed by atoms with Crippen molar-refractivity contribution in [2.75, 3.05) is 47.5 Å². The lowest BCUT2D eigenvalue weighted by molar-refractivity contribution is -0.870. The molecule has 0 spiro atoms. The molecule has 0 saturated carbocycles. The number of carbonyl (C=O) groups excluding carboxylic acids is 2. The van der Waals surface area contributed by atoms with Crippen molar-refractivity contribution in [3.63, 3.8) is 0 Å². The summed E-state index contributed by atoms with van der Waals surface area (Å²) in [5, 5.41) is 0. The number of hydrogen-bond acceptors (Lipinski definition) is 8. The van der Waals surface area contributed by atoms with Gasteiger partial charge in [0.2, 0.25) is 0 Å². The number of allylic oxidation sites excluding steroid dienone is 4. The molecular weight excluding hydrogens is 765 g/mol. The third-order valence-corrected chi connectivity index (χ3v) is 11.6. The van der Waals surface area contributed by atoms with Crippen molar-refractivity contribution in [2.45, 2.75) is 212 Å². The number of nitrogens with zero attached hydrogens (tertiary/aromatic N) is 1. The molecule has 0 aliphatic carbocycles. The Kier molecular flexibility index (Phi) is 34.4. The molecule has 0 aromatic heterocycles. The predicted molar refractivity (Wildman–Crippen MR) is 242 cm³/mol. The maximum atomic E-state index is 12.7. The molecule has 11 heteroatoms. The summed E-state index contributed by atoms with van der Waals surface area (Å²) < 4.78 is 40.1. The van der Waals surface area contributed by atoms with Crippen LogP contribution in [0.5, 0.6) is 0 Å². The first-order valence-electron chi connectivity index (χ1n) is 23.8. The standard InChI is InChI=1S/C48H88NO9P/c1-6-8-10-12-14-15-16-17-18-19-20-21-22-23-26-31-35-39-48(51)57-44(43-56-59(52,53)55-41-40-49(3,4)5)42-54-47(50)38-34-30-27-24-25-29-33-37-46-45(58-46)36-32-28-13-11-9-7-2/h24,27-29,32-33,44-46H,6-23,25-26,30-31,34-43H2,1-5H3/p+1/b27-24-,32-28-,33-29-/t44-,45?,46?/m1/s1. The fourth-order valence-electron chi connectivity index (χ4n) is 6.70. The largest absolute Gasteiger partial charge is 0.472 e. The summed E-state index contributed by atoms with van der Waals surface area (Å²) in [6, 6.07) is 0. The number of likely N-dealkylation sites (N-methyl/N-ethyl adjacent to an activating group) is 1. The minimum atomic E-state index is -4.39. The zero-order valence-electron chi connectivity index (χ0n) is 38.4. The number of epoxide rings is 1. The summed E-state index contributed by atoms with van der Waals surface area (Å²) in [5.41, 5.74) is 0. The quantitative estimate of drug-likeness (QED) is 0.0160. The highest BCUT2D eigenvalue weighted by Gasteiger charge is 2.36. The highest BCUT2D eigenvalue weighted by molar-refractivity contribution is 7.47. The third-order valence-electron chi connectivity index (χ3n) is 10.6. The Hall–Kier alpha value is -1.81. The number of hydrogen-bond donors (Lipinski definition) is 1. The van der Waals surface area contributed by atoms with E-state index in [0.717, 1.165) is 44.9 Å². The first-order chi connectivity index (χ1) is 28.5. The summed E-state index contributed by atoms with van der Waals surface area (Å²) in [6.45, 7) is 4.34. The lowest BCUT2D eigenvalue weighted by atomic mass is 10.0. The van der Waals surface area contributed by atoms with Crippen LogP contribution in [0, 0.1) is 0 Å². The van der Waals surface area contributed by atoms with Crippen molar-refractivity contribution in [1.82, 2.24) is 0 Å². The predicted octanol–water partition coefficient (Wildman–Crippen LogP) is 12.7. The van der Waals surface area contributed by atoms with Gasteiger partial charge in [0.15, 0.2) is 6.10 Å². The molecule has 59 heavy (non-hydrogen) atoms. The van der Waals surface area contributed by atoms with Crippen molar-refractivity contribution in [1.29, 1.82) is 0 Å². The van der Waals surface area contributed by atoms with Crippen LogP contribution in [-0.2, 0) is 37.4 Å². The van der Waals surface area contributed by atoms with Crippen molar-refractivity contribution >= 4 is 19.8 Å². The Morgan fingerprint density at radius 3 is 1.66 bits per heavy atom. The van der Waals surface area contributed by atoms with Gasteiger partial charge in [-0.1, -0.05) is 166 Å². The minimum Gasteiger partial charge on any atom is -0.462 e. The smallest absolute Gasteiger partial charge is 0.462 e. The van der Waals surface area contributed by atoms with Crippen LogP contribution in [-0.4, -0.2) is 87.1 Å². The summed E-state index contributed by atoms with van der Waals surface area (Å²) in [4.78, 5) is 35.5. The van der Waals surface area contributed by atoms with Crippen molar-refractivity contribution in [3.05, 3.63) is 36.5 Å². The van der Waals surface area contributed by atoms with Gasteiger partial charge < -0.3 is 23.6 Å². The van der Waals surface area contributed by atoms with E-state index in [1.165, 1.54) is 109 Å². The Balaban J connectivity index is 2.28. The molecule has 0 amide bonds. The molecule has 0 bridgehead atoms. The van der Waals surface area contributed by atoms with Gasteiger partial charge in [-0.3, -0.25) is 18.6 Å². The normalized spacial score (nSPS) is 17.3. The molecule has 1 rings (SSSR count). The summed E-state index contributed by atoms with van der Waals surface area (Å²) >= 11 is 0. The highest BCUT2D eigenvalue weighted by atomic mass is 31.2. The molecule has 1 fully saturated rings. The van der Waals surface area contributed by atoms with Gasteiger partial charge in [0.05, 0.1) is 40.0 Å². The zero-order valence-corrected chi connectivity index (χ0v) is 39.3. The number of ether oxygens (including phenoxy) is 3. The average Bonchev–Trinajstić information content (AvgIpc) is 3.94. The molecule has 344 valence electrons. The van der Waals surface area contributed by atoms with Gasteiger partial charge in [0.25, 0.3) is 0 Å². The fourth-order valence-corrected chi connectivity index (χ4v) is 7.44. The number of rotatable bonds is 42. The van der Waals surface area contributed by atoms with Gasteiger partial charge in [0.1, 0.15) is 19.8 Å². The number of quaternary nitrogens is 1. The Labute approximate surface area is 361 Å². The number of esters is 2. The number of phosphoric ester groups is 1. The van der Waals surface area contributed by atoms with E-state index in [4.69, 9.17) is 23.3 Å². The van der Waals surface area contributed by atoms with Crippen molar-refractivity contribution in [3.8, 4) is 0 Å². The van der Waals surface area contributed by atoms with Crippen LogP contribution >= 0.6 is 7.82 Å². The molecule has 0 aromatic carbocycles. The molecule has 1 heterocycles. The van der Waals surface area contributed by atoms with Crippen LogP contribution in [0.3, 0.4) is 0 Å². The topological polar surface area (TPSA) is 121 Å². The van der Waals surface area contributed by atoms with Gasteiger partial charge in [0, 0.05) is 12.8 Å². The monoisotopic (exact) mass is 855 g/mol. The molecule has 1 saturated heterocycles. The maximum Gasteiger partial charge on any atom is 0.472 e. The van der Waals surface area contributed by atoms with Crippen LogP contribution < -0.4 is 0 Å². The Morgan fingerprint density at radius 1 is 0.610 bits per heavy atom. The molecule has 4 atom stereocenters. The van der Waals surface area contributed by atoms with E-state index in [9.17, 15) is 19.0 Å². The second-order valence-corrected chi connectivity index (χ2v) is 19.0. The van der Waals surface area contributed by atoms with E-state index in [1.54, 1.807) is 0 Å². The first kappa shape index (κ1) is 55.2. The van der Waals surface area contributed by atoms with E-state index < -0.39 is 32.5 Å². The van der Waals surface area contributed by atoms with Gasteiger partial charge >= 0.3 is 19.8 Å². The van der Waals surface area contributed by atoms with Crippen LogP contribution in [0.25, 0.3) is 0 Å². The average molecular weight is 855 g/mol. The van der Waals surface area contributed by atoms with E-state index in [0.29, 0.717) is 36.1 Å². The lowest BCUT2D eigenvalue weighted by Crippen LogP contribution is -2.37.